The Kier molecular flexibility index (Phi) is 33.0. The first-order valence-electron chi connectivity index (χ1n) is 29.6. The van der Waals surface area contributed by atoms with Crippen molar-refractivity contribution in [3.63, 3.8) is 0 Å². The van der Waals surface area contributed by atoms with Gasteiger partial charge in [-0.05, 0) is 0 Å². The number of ether oxygens (including phenoxy) is 16. The van der Waals surface area contributed by atoms with Crippen molar-refractivity contribution in [2.45, 2.75) is 246 Å². The molecule has 0 aromatic carbocycles. The molecule has 0 spiro atoms. The number of phosphoric ester groups is 2. The maximum Gasteiger partial charge on any atom is 1.00 e. The first-order chi connectivity index (χ1) is 45.2. The second-order valence-corrected chi connectivity index (χ2v) is 26.0. The van der Waals surface area contributed by atoms with Crippen LogP contribution in [0.25, 0.3) is 0 Å². The summed E-state index contributed by atoms with van der Waals surface area (Å²) in [6, 6.07) is 0. The minimum atomic E-state index is -5.75. The van der Waals surface area contributed by atoms with Crippen LogP contribution in [0, 0.1) is 0 Å². The van der Waals surface area contributed by atoms with E-state index in [9.17, 15) is 141 Å². The van der Waals surface area contributed by atoms with Gasteiger partial charge in [-0.15, -0.1) is 0 Å². The van der Waals surface area contributed by atoms with E-state index in [0.29, 0.717) is 0 Å². The Labute approximate surface area is 636 Å². The zero-order chi connectivity index (χ0) is 70.5. The molecule has 30 rings (SSSR count). The maximum absolute atomic E-state index is 11.9. The largest absolute Gasteiger partial charge is 1.00 e. The van der Waals surface area contributed by atoms with E-state index in [1.165, 1.54) is 0 Å². The standard InChI is InChI=1S/C48H82O46P2.2K/c49-1-9-33-18(56)26(64)42(80-9)89-35-11(3-51)83-45(29(67)21(35)59)93-39-15(7-77-95(71,72)73)86-48(32(70)24(39)62)92-38-14(6-54)82-44(28(66)20(38)58)90-36-12(4-52)84-46(30(68)22(36)60)94-40-16(8-78-96(74,75)76)85-47(31(69)23(40)61)91-37-13(5-53)81-43(27(65)19(37)57)88-34-10(2-50)79-41(87-33)25(63)17(34)55;;/h9-70H,1-8H2,(H2,71,72,73)(H2,74,75,76);;/q;2*+1/p-2/t9-,10-,11-,12-,13-,14-,15-,16-,17-,18-,19-,20+,21-,22+,23-,24-,25-,26-,27-,28+,29-,30+,31-,32-,33-,34-,35-,36-,37-,38-,39-,40-,41-,42-,43-,44-,45-,46-,47-,48-;;/m1../s1. The summed E-state index contributed by atoms with van der Waals surface area (Å²) in [5.74, 6) is 0. The number of phosphoric acid groups is 2. The SMILES string of the molecule is O=P([O-])(O)OC[C@H]1O[C@@H]2O[C@H]3[C@H](O)[C@@H](O)[C@@H](O[C@H]4[C@H](O)[C@@H](O)[C@@H](O[C@H]5[C@H](O)[C@@H](O)[C@@H](O[C@H]6[C@H](O)[C@@H](O)[C@@H](O[C@H]7[C@H](O)[C@@H](O)[C@@H](O[C@H]8[C@@H](O)[C@H](O)[C@@H](O[C@H]9[C@@H](O)[C@H](O)[C@@H](O[C@H]1[C@H](O)[C@H]2O)O[C@@H]9CO)O[C@@H]8CO)O[C@@H]7COP(=O)([O-])O)O[C@@H]6CO)O[C@@H]5CO)O[C@@H]4CO)O[C@@H]3CO.[K+].[K+]. The molecule has 0 radical (unpaired) electrons. The molecule has 30 heterocycles. The molecule has 30 saturated heterocycles. The molecule has 16 bridgehead atoms. The Balaban J connectivity index is 0.00000676. The summed E-state index contributed by atoms with van der Waals surface area (Å²) in [5.41, 5.74) is 0. The van der Waals surface area contributed by atoms with E-state index in [-0.39, 0.29) is 103 Å². The summed E-state index contributed by atoms with van der Waals surface area (Å²) in [6.45, 7) is -9.85. The average molecular weight is 1530 g/mol. The van der Waals surface area contributed by atoms with Crippen LogP contribution in [0.4, 0.5) is 0 Å². The Hall–Kier alpha value is 1.97. The van der Waals surface area contributed by atoms with Crippen molar-refractivity contribution in [2.24, 2.45) is 0 Å². The minimum Gasteiger partial charge on any atom is -0.756 e. The second-order valence-electron chi connectivity index (χ2n) is 23.6. The van der Waals surface area contributed by atoms with Crippen LogP contribution in [0.1, 0.15) is 0 Å². The zero-order valence-corrected chi connectivity index (χ0v) is 59.4. The van der Waals surface area contributed by atoms with E-state index in [1.54, 1.807) is 0 Å². The fraction of sp³-hybridized carbons (Fsp3) is 1.00. The van der Waals surface area contributed by atoms with Crippen LogP contribution < -0.4 is 113 Å². The van der Waals surface area contributed by atoms with Gasteiger partial charge in [0, 0.05) is 0 Å². The summed E-state index contributed by atoms with van der Waals surface area (Å²) in [4.78, 5) is 42.8. The van der Waals surface area contributed by atoms with Crippen molar-refractivity contribution in [3.8, 4) is 0 Å². The molecule has 30 fully saturated rings. The van der Waals surface area contributed by atoms with Gasteiger partial charge in [0.25, 0.3) is 15.6 Å². The first kappa shape index (κ1) is 87.2. The van der Waals surface area contributed by atoms with E-state index < -0.39 is 314 Å². The molecule has 0 aromatic rings. The third kappa shape index (κ3) is 19.4. The minimum absolute atomic E-state index is 0. The average Bonchev–Trinajstić information content (AvgIpc) is 0.778. The van der Waals surface area contributed by atoms with E-state index in [4.69, 9.17) is 75.8 Å². The molecular formula is C48H80K2O46P2. The van der Waals surface area contributed by atoms with Crippen LogP contribution in [0.3, 0.4) is 0 Å². The molecule has 560 valence electrons. The second kappa shape index (κ2) is 37.1. The fourth-order valence-corrected chi connectivity index (χ4v) is 12.9. The summed E-state index contributed by atoms with van der Waals surface area (Å²) in [6.07, 6.45) is -88.6. The Bertz CT molecular complexity index is 2500. The smallest absolute Gasteiger partial charge is 0.756 e. The fourth-order valence-electron chi connectivity index (χ4n) is 12.2. The molecule has 2 unspecified atom stereocenters. The quantitative estimate of drug-likeness (QED) is 0.0637. The van der Waals surface area contributed by atoms with Crippen molar-refractivity contribution in [1.82, 2.24) is 0 Å². The number of aliphatic hydroxyl groups is 22. The van der Waals surface area contributed by atoms with Gasteiger partial charge in [0.2, 0.25) is 0 Å². The van der Waals surface area contributed by atoms with Crippen LogP contribution in [-0.2, 0) is 94.0 Å². The Morgan fingerprint density at radius 2 is 0.357 bits per heavy atom. The van der Waals surface area contributed by atoms with Crippen molar-refractivity contribution in [1.29, 1.82) is 0 Å². The van der Waals surface area contributed by atoms with E-state index in [0.717, 1.165) is 0 Å². The molecular weight excluding hydrogens is 1450 g/mol. The summed E-state index contributed by atoms with van der Waals surface area (Å²) >= 11 is 0. The molecule has 46 nitrogen and oxygen atoms in total. The van der Waals surface area contributed by atoms with Crippen molar-refractivity contribution >= 4 is 15.6 Å². The van der Waals surface area contributed by atoms with E-state index >= 15 is 0 Å². The summed E-state index contributed by atoms with van der Waals surface area (Å²) in [5, 5.41) is 246. The van der Waals surface area contributed by atoms with Gasteiger partial charge in [-0.2, -0.15) is 0 Å². The molecule has 30 aliphatic heterocycles. The molecule has 0 aliphatic carbocycles. The number of rotatable bonds is 12. The number of aliphatic hydroxyl groups excluding tert-OH is 22. The normalized spacial score (nSPS) is 52.0. The molecule has 0 amide bonds. The third-order valence-electron chi connectivity index (χ3n) is 17.3. The predicted octanol–water partition coefficient (Wildman–Crippen LogP) is -24.4. The molecule has 50 heteroatoms. The Morgan fingerprint density at radius 1 is 0.235 bits per heavy atom. The molecule has 98 heavy (non-hydrogen) atoms. The van der Waals surface area contributed by atoms with Crippen molar-refractivity contribution < 1.29 is 329 Å². The van der Waals surface area contributed by atoms with Crippen LogP contribution in [0.2, 0.25) is 0 Å². The van der Waals surface area contributed by atoms with Gasteiger partial charge in [-0.3, -0.25) is 9.13 Å². The summed E-state index contributed by atoms with van der Waals surface area (Å²) in [7, 11) is -11.5. The van der Waals surface area contributed by atoms with Gasteiger partial charge >= 0.3 is 103 Å². The van der Waals surface area contributed by atoms with Crippen LogP contribution >= 0.6 is 15.6 Å². The monoisotopic (exact) mass is 1530 g/mol. The number of hydrogen-bond donors (Lipinski definition) is 24. The van der Waals surface area contributed by atoms with Gasteiger partial charge in [-0.25, -0.2) is 0 Å². The van der Waals surface area contributed by atoms with Crippen molar-refractivity contribution in [3.05, 3.63) is 0 Å². The summed E-state index contributed by atoms with van der Waals surface area (Å²) < 4.78 is 123. The van der Waals surface area contributed by atoms with E-state index in [2.05, 4.69) is 9.05 Å². The molecule has 30 aliphatic rings. The van der Waals surface area contributed by atoms with Gasteiger partial charge in [0.15, 0.2) is 50.3 Å². The van der Waals surface area contributed by atoms with E-state index in [1.807, 2.05) is 0 Å². The van der Waals surface area contributed by atoms with Crippen LogP contribution in [0.5, 0.6) is 0 Å². The number of hydrogen-bond acceptors (Lipinski definition) is 44. The van der Waals surface area contributed by atoms with Gasteiger partial charge in [0.05, 0.1) is 52.9 Å². The van der Waals surface area contributed by atoms with Gasteiger partial charge in [0.1, 0.15) is 195 Å². The molecule has 42 atom stereocenters. The third-order valence-corrected chi connectivity index (χ3v) is 18.3. The van der Waals surface area contributed by atoms with Gasteiger partial charge in [-0.1, -0.05) is 0 Å². The Morgan fingerprint density at radius 3 is 0.480 bits per heavy atom. The molecule has 0 saturated carbocycles. The van der Waals surface area contributed by atoms with Gasteiger partial charge < -0.3 is 217 Å². The maximum atomic E-state index is 11.9. The van der Waals surface area contributed by atoms with Crippen molar-refractivity contribution in [2.75, 3.05) is 52.9 Å². The topological polar surface area (TPSA) is 732 Å². The first-order valence-corrected chi connectivity index (χ1v) is 32.6. The molecule has 24 N–H and O–H groups in total. The zero-order valence-electron chi connectivity index (χ0n) is 51.4. The molecule has 0 aromatic heterocycles. The van der Waals surface area contributed by atoms with Crippen LogP contribution in [0.15, 0.2) is 0 Å². The van der Waals surface area contributed by atoms with Crippen LogP contribution in [-0.4, -0.2) is 421 Å². The predicted molar refractivity (Wildman–Crippen MR) is 278 cm³/mol.